The van der Waals surface area contributed by atoms with Gasteiger partial charge in [0, 0.05) is 33.9 Å². The van der Waals surface area contributed by atoms with Gasteiger partial charge in [0.05, 0.1) is 32.9 Å². The summed E-state index contributed by atoms with van der Waals surface area (Å²) < 4.78 is 16.4. The van der Waals surface area contributed by atoms with Crippen molar-refractivity contribution in [2.24, 2.45) is 4.99 Å². The topological polar surface area (TPSA) is 84.4 Å². The molecule has 0 radical (unpaired) electrons. The highest BCUT2D eigenvalue weighted by Gasteiger charge is 2.14. The van der Waals surface area contributed by atoms with Crippen molar-refractivity contribution in [1.82, 2.24) is 15.5 Å². The zero-order chi connectivity index (χ0) is 20.9. The van der Waals surface area contributed by atoms with E-state index < -0.39 is 0 Å². The third-order valence-corrected chi connectivity index (χ3v) is 4.57. The summed E-state index contributed by atoms with van der Waals surface area (Å²) in [5, 5.41) is 6.36. The molecule has 162 valence electrons. The van der Waals surface area contributed by atoms with E-state index in [4.69, 9.17) is 14.2 Å². The molecule has 1 aliphatic heterocycles. The van der Waals surface area contributed by atoms with E-state index in [2.05, 4.69) is 15.6 Å². The SMILES string of the molecule is COc1ccc(CN=C(NCCCOCC2CCCO2)NCC(=O)N(C)C)cc1. The lowest BCUT2D eigenvalue weighted by Crippen LogP contribution is -2.43. The van der Waals surface area contributed by atoms with Crippen molar-refractivity contribution >= 4 is 11.9 Å². The van der Waals surface area contributed by atoms with Crippen LogP contribution in [0.15, 0.2) is 29.3 Å². The van der Waals surface area contributed by atoms with Crippen LogP contribution in [0.5, 0.6) is 5.75 Å². The van der Waals surface area contributed by atoms with E-state index in [1.807, 2.05) is 24.3 Å². The molecule has 0 aliphatic carbocycles. The summed E-state index contributed by atoms with van der Waals surface area (Å²) in [4.78, 5) is 18.0. The Hall–Kier alpha value is -2.32. The van der Waals surface area contributed by atoms with Crippen LogP contribution in [0.1, 0.15) is 24.8 Å². The minimum atomic E-state index is -0.0103. The summed E-state index contributed by atoms with van der Waals surface area (Å²) in [5.74, 6) is 1.41. The van der Waals surface area contributed by atoms with Crippen molar-refractivity contribution in [3.8, 4) is 5.75 Å². The largest absolute Gasteiger partial charge is 0.497 e. The molecule has 2 N–H and O–H groups in total. The number of benzene rings is 1. The highest BCUT2D eigenvalue weighted by Crippen LogP contribution is 2.12. The van der Waals surface area contributed by atoms with E-state index in [-0.39, 0.29) is 18.6 Å². The summed E-state index contributed by atoms with van der Waals surface area (Å²) in [6.45, 7) is 3.57. The van der Waals surface area contributed by atoms with Gasteiger partial charge in [-0.25, -0.2) is 4.99 Å². The van der Waals surface area contributed by atoms with E-state index >= 15 is 0 Å². The number of guanidine groups is 1. The Morgan fingerprint density at radius 3 is 2.72 bits per heavy atom. The molecule has 1 unspecified atom stereocenters. The summed E-state index contributed by atoms with van der Waals surface area (Å²) in [6, 6.07) is 7.77. The third-order valence-electron chi connectivity index (χ3n) is 4.57. The van der Waals surface area contributed by atoms with Gasteiger partial charge in [-0.05, 0) is 37.0 Å². The first-order chi connectivity index (χ1) is 14.1. The Morgan fingerprint density at radius 1 is 1.28 bits per heavy atom. The lowest BCUT2D eigenvalue weighted by atomic mass is 10.2. The normalized spacial score (nSPS) is 16.5. The number of aliphatic imine (C=N–C) groups is 1. The Balaban J connectivity index is 1.76. The number of carbonyl (C=O) groups is 1. The molecule has 8 heteroatoms. The molecule has 29 heavy (non-hydrogen) atoms. The molecule has 1 aromatic carbocycles. The molecular weight excluding hydrogens is 372 g/mol. The van der Waals surface area contributed by atoms with E-state index in [0.717, 1.165) is 37.2 Å². The Kier molecular flexibility index (Phi) is 10.3. The molecule has 1 saturated heterocycles. The molecule has 1 aromatic rings. The summed E-state index contributed by atoms with van der Waals surface area (Å²) in [5.41, 5.74) is 1.06. The maximum Gasteiger partial charge on any atom is 0.241 e. The smallest absolute Gasteiger partial charge is 0.241 e. The number of likely N-dealkylation sites (N-methyl/N-ethyl adjacent to an activating group) is 1. The van der Waals surface area contributed by atoms with Crippen LogP contribution in [0.3, 0.4) is 0 Å². The van der Waals surface area contributed by atoms with E-state index in [1.165, 1.54) is 0 Å². The molecule has 0 saturated carbocycles. The van der Waals surface area contributed by atoms with Crippen LogP contribution in [-0.4, -0.2) is 77.0 Å². The number of amides is 1. The molecule has 1 amide bonds. The van der Waals surface area contributed by atoms with Gasteiger partial charge in [0.1, 0.15) is 5.75 Å². The molecule has 1 atom stereocenters. The van der Waals surface area contributed by atoms with Crippen molar-refractivity contribution in [3.63, 3.8) is 0 Å². The minimum absolute atomic E-state index is 0.0103. The van der Waals surface area contributed by atoms with Crippen molar-refractivity contribution < 1.29 is 19.0 Å². The van der Waals surface area contributed by atoms with Crippen LogP contribution >= 0.6 is 0 Å². The number of nitrogens with one attached hydrogen (secondary N) is 2. The Bertz CT molecular complexity index is 628. The number of methoxy groups -OCH3 is 1. The van der Waals surface area contributed by atoms with Crippen LogP contribution in [0.4, 0.5) is 0 Å². The van der Waals surface area contributed by atoms with Gasteiger partial charge in [0.25, 0.3) is 0 Å². The molecular formula is C21H34N4O4. The second-order valence-electron chi connectivity index (χ2n) is 7.14. The number of hydrogen-bond donors (Lipinski definition) is 2. The molecule has 1 aliphatic rings. The van der Waals surface area contributed by atoms with Gasteiger partial charge < -0.3 is 29.7 Å². The van der Waals surface area contributed by atoms with Crippen LogP contribution in [0.2, 0.25) is 0 Å². The van der Waals surface area contributed by atoms with Crippen molar-refractivity contribution in [2.75, 3.05) is 54.1 Å². The maximum atomic E-state index is 11.9. The molecule has 0 spiro atoms. The van der Waals surface area contributed by atoms with Gasteiger partial charge in [0.2, 0.25) is 5.91 Å². The quantitative estimate of drug-likeness (QED) is 0.328. The van der Waals surface area contributed by atoms with E-state index in [9.17, 15) is 4.79 Å². The van der Waals surface area contributed by atoms with Crippen molar-refractivity contribution in [2.45, 2.75) is 31.9 Å². The lowest BCUT2D eigenvalue weighted by molar-refractivity contribution is -0.127. The van der Waals surface area contributed by atoms with Gasteiger partial charge in [-0.1, -0.05) is 12.1 Å². The second kappa shape index (κ2) is 13.0. The highest BCUT2D eigenvalue weighted by molar-refractivity contribution is 5.86. The minimum Gasteiger partial charge on any atom is -0.497 e. The van der Waals surface area contributed by atoms with Gasteiger partial charge in [-0.2, -0.15) is 0 Å². The third kappa shape index (κ3) is 9.15. The number of carbonyl (C=O) groups excluding carboxylic acids is 1. The first-order valence-electron chi connectivity index (χ1n) is 10.1. The molecule has 2 rings (SSSR count). The zero-order valence-electron chi connectivity index (χ0n) is 17.8. The van der Waals surface area contributed by atoms with Gasteiger partial charge in [-0.3, -0.25) is 4.79 Å². The number of rotatable bonds is 11. The fraction of sp³-hybridized carbons (Fsp3) is 0.619. The van der Waals surface area contributed by atoms with Gasteiger partial charge in [-0.15, -0.1) is 0 Å². The number of nitrogens with zero attached hydrogens (tertiary/aromatic N) is 2. The molecule has 1 fully saturated rings. The standard InChI is InChI=1S/C21H34N4O4/c1-25(2)20(26)15-24-21(23-14-17-7-9-18(27-3)10-8-17)22-11-5-12-28-16-19-6-4-13-29-19/h7-10,19H,4-6,11-16H2,1-3H3,(H2,22,23,24). The van der Waals surface area contributed by atoms with Crippen LogP contribution < -0.4 is 15.4 Å². The average Bonchev–Trinajstić information content (AvgIpc) is 3.25. The van der Waals surface area contributed by atoms with E-state index in [0.29, 0.717) is 32.3 Å². The van der Waals surface area contributed by atoms with Crippen LogP contribution in [0, 0.1) is 0 Å². The van der Waals surface area contributed by atoms with Crippen molar-refractivity contribution in [1.29, 1.82) is 0 Å². The highest BCUT2D eigenvalue weighted by atomic mass is 16.5. The summed E-state index contributed by atoms with van der Waals surface area (Å²) >= 11 is 0. The van der Waals surface area contributed by atoms with Gasteiger partial charge >= 0.3 is 0 Å². The Morgan fingerprint density at radius 2 is 2.07 bits per heavy atom. The fourth-order valence-corrected chi connectivity index (χ4v) is 2.76. The summed E-state index contributed by atoms with van der Waals surface area (Å²) in [6.07, 6.45) is 3.31. The predicted octanol–water partition coefficient (Wildman–Crippen LogP) is 1.40. The number of ether oxygens (including phenoxy) is 3. The average molecular weight is 407 g/mol. The molecule has 0 bridgehead atoms. The first-order valence-corrected chi connectivity index (χ1v) is 10.1. The molecule has 1 heterocycles. The fourth-order valence-electron chi connectivity index (χ4n) is 2.76. The van der Waals surface area contributed by atoms with Crippen LogP contribution in [-0.2, 0) is 20.8 Å². The monoisotopic (exact) mass is 406 g/mol. The van der Waals surface area contributed by atoms with Crippen molar-refractivity contribution in [3.05, 3.63) is 29.8 Å². The second-order valence-corrected chi connectivity index (χ2v) is 7.14. The first kappa shape index (κ1) is 23.0. The molecule has 8 nitrogen and oxygen atoms in total. The summed E-state index contributed by atoms with van der Waals surface area (Å²) in [7, 11) is 5.11. The number of hydrogen-bond acceptors (Lipinski definition) is 5. The lowest BCUT2D eigenvalue weighted by Gasteiger charge is -2.15. The predicted molar refractivity (Wildman–Crippen MR) is 113 cm³/mol. The van der Waals surface area contributed by atoms with Crippen LogP contribution in [0.25, 0.3) is 0 Å². The van der Waals surface area contributed by atoms with E-state index in [1.54, 1.807) is 26.1 Å². The maximum absolute atomic E-state index is 11.9. The van der Waals surface area contributed by atoms with Gasteiger partial charge in [0.15, 0.2) is 5.96 Å². The molecule has 0 aromatic heterocycles. The Labute approximate surface area is 173 Å². The zero-order valence-corrected chi connectivity index (χ0v) is 17.8.